The van der Waals surface area contributed by atoms with Gasteiger partial charge in [-0.3, -0.25) is 4.79 Å². The van der Waals surface area contributed by atoms with E-state index in [1.54, 1.807) is 14.0 Å². The first-order valence-electron chi connectivity index (χ1n) is 7.29. The molecule has 4 heteroatoms. The molecule has 0 radical (unpaired) electrons. The van der Waals surface area contributed by atoms with Gasteiger partial charge in [0.05, 0.1) is 18.4 Å². The van der Waals surface area contributed by atoms with Crippen LogP contribution < -0.4 is 10.1 Å². The molecule has 1 aromatic heterocycles. The first-order valence-corrected chi connectivity index (χ1v) is 7.29. The predicted octanol–water partition coefficient (Wildman–Crippen LogP) is 4.45. The van der Waals surface area contributed by atoms with E-state index in [4.69, 9.17) is 9.15 Å². The number of rotatable bonds is 3. The summed E-state index contributed by atoms with van der Waals surface area (Å²) in [6.45, 7) is 9.93. The number of amides is 1. The van der Waals surface area contributed by atoms with Crippen LogP contribution in [0.25, 0.3) is 0 Å². The third kappa shape index (κ3) is 3.32. The summed E-state index contributed by atoms with van der Waals surface area (Å²) >= 11 is 0. The van der Waals surface area contributed by atoms with Crippen LogP contribution >= 0.6 is 0 Å². The minimum Gasteiger partial charge on any atom is -0.495 e. The van der Waals surface area contributed by atoms with Crippen molar-refractivity contribution in [3.63, 3.8) is 0 Å². The first-order chi connectivity index (χ1) is 10.2. The van der Waals surface area contributed by atoms with Gasteiger partial charge in [0.1, 0.15) is 17.3 Å². The van der Waals surface area contributed by atoms with Gasteiger partial charge in [0, 0.05) is 5.41 Å². The molecular formula is C18H23NO3. The van der Waals surface area contributed by atoms with Crippen molar-refractivity contribution in [2.75, 3.05) is 12.4 Å². The van der Waals surface area contributed by atoms with Gasteiger partial charge in [-0.25, -0.2) is 0 Å². The fourth-order valence-electron chi connectivity index (χ4n) is 2.19. The van der Waals surface area contributed by atoms with E-state index in [1.807, 2.05) is 31.2 Å². The van der Waals surface area contributed by atoms with Crippen molar-refractivity contribution in [1.82, 2.24) is 0 Å². The molecule has 0 saturated carbocycles. The van der Waals surface area contributed by atoms with E-state index in [0.29, 0.717) is 22.8 Å². The molecule has 0 spiro atoms. The lowest BCUT2D eigenvalue weighted by molar-refractivity contribution is 0.102. The van der Waals surface area contributed by atoms with E-state index in [1.165, 1.54) is 0 Å². The zero-order chi connectivity index (χ0) is 16.5. The van der Waals surface area contributed by atoms with Gasteiger partial charge >= 0.3 is 0 Å². The van der Waals surface area contributed by atoms with Gasteiger partial charge in [-0.2, -0.15) is 0 Å². The van der Waals surface area contributed by atoms with Gasteiger partial charge in [-0.05, 0) is 37.6 Å². The van der Waals surface area contributed by atoms with Crippen molar-refractivity contribution in [3.05, 3.63) is 46.9 Å². The molecule has 0 aliphatic heterocycles. The Hall–Kier alpha value is -2.23. The number of ether oxygens (including phenoxy) is 1. The maximum Gasteiger partial charge on any atom is 0.259 e. The van der Waals surface area contributed by atoms with Gasteiger partial charge in [0.25, 0.3) is 5.91 Å². The lowest BCUT2D eigenvalue weighted by atomic mass is 9.93. The van der Waals surface area contributed by atoms with Crippen molar-refractivity contribution < 1.29 is 13.9 Å². The van der Waals surface area contributed by atoms with Crippen LogP contribution in [0.15, 0.2) is 28.7 Å². The Balaban J connectivity index is 2.30. The topological polar surface area (TPSA) is 51.5 Å². The van der Waals surface area contributed by atoms with Crippen LogP contribution in [-0.2, 0) is 5.41 Å². The van der Waals surface area contributed by atoms with E-state index in [0.717, 1.165) is 11.3 Å². The monoisotopic (exact) mass is 301 g/mol. The Bertz CT molecular complexity index is 693. The number of anilines is 1. The molecule has 1 heterocycles. The summed E-state index contributed by atoms with van der Waals surface area (Å²) in [5.74, 6) is 1.86. The molecule has 0 atom stereocenters. The molecule has 0 saturated heterocycles. The van der Waals surface area contributed by atoms with Gasteiger partial charge in [0.2, 0.25) is 0 Å². The minimum absolute atomic E-state index is 0.135. The molecule has 22 heavy (non-hydrogen) atoms. The number of hydrogen-bond acceptors (Lipinski definition) is 3. The Morgan fingerprint density at radius 3 is 2.41 bits per heavy atom. The summed E-state index contributed by atoms with van der Waals surface area (Å²) in [4.78, 5) is 12.5. The highest BCUT2D eigenvalue weighted by Crippen LogP contribution is 2.29. The highest BCUT2D eigenvalue weighted by molar-refractivity contribution is 6.05. The van der Waals surface area contributed by atoms with Crippen LogP contribution in [0.3, 0.4) is 0 Å². The molecular weight excluding hydrogens is 278 g/mol. The molecule has 2 aromatic rings. The fourth-order valence-corrected chi connectivity index (χ4v) is 2.19. The van der Waals surface area contributed by atoms with Crippen LogP contribution in [0.5, 0.6) is 5.75 Å². The molecule has 118 valence electrons. The van der Waals surface area contributed by atoms with Crippen molar-refractivity contribution in [1.29, 1.82) is 0 Å². The Morgan fingerprint density at radius 2 is 1.86 bits per heavy atom. The predicted molar refractivity (Wildman–Crippen MR) is 87.8 cm³/mol. The molecule has 0 unspecified atom stereocenters. The van der Waals surface area contributed by atoms with E-state index >= 15 is 0 Å². The Kier molecular flexibility index (Phi) is 4.31. The number of benzene rings is 1. The number of nitrogens with one attached hydrogen (secondary N) is 1. The maximum absolute atomic E-state index is 12.5. The van der Waals surface area contributed by atoms with Gasteiger partial charge in [0.15, 0.2) is 0 Å². The van der Waals surface area contributed by atoms with Crippen molar-refractivity contribution >= 4 is 11.6 Å². The highest BCUT2D eigenvalue weighted by atomic mass is 16.5. The lowest BCUT2D eigenvalue weighted by Gasteiger charge is -2.13. The van der Waals surface area contributed by atoms with Crippen LogP contribution in [0.4, 0.5) is 5.69 Å². The van der Waals surface area contributed by atoms with Crippen molar-refractivity contribution in [2.24, 2.45) is 0 Å². The average Bonchev–Trinajstić information content (AvgIpc) is 2.81. The second-order valence-electron chi connectivity index (χ2n) is 6.49. The summed E-state index contributed by atoms with van der Waals surface area (Å²) in [5.41, 5.74) is 2.12. The summed E-state index contributed by atoms with van der Waals surface area (Å²) in [5, 5.41) is 2.90. The lowest BCUT2D eigenvalue weighted by Crippen LogP contribution is -2.13. The molecule has 1 amide bonds. The fraction of sp³-hybridized carbons (Fsp3) is 0.389. The molecule has 0 fully saturated rings. The second-order valence-corrected chi connectivity index (χ2v) is 6.49. The third-order valence-corrected chi connectivity index (χ3v) is 3.50. The summed E-state index contributed by atoms with van der Waals surface area (Å²) in [7, 11) is 1.58. The van der Waals surface area contributed by atoms with E-state index < -0.39 is 0 Å². The van der Waals surface area contributed by atoms with Crippen molar-refractivity contribution in [2.45, 2.75) is 40.0 Å². The molecule has 0 aliphatic carbocycles. The highest BCUT2D eigenvalue weighted by Gasteiger charge is 2.23. The normalized spacial score (nSPS) is 11.4. The molecule has 0 bridgehead atoms. The number of methoxy groups -OCH3 is 1. The number of carbonyl (C=O) groups excluding carboxylic acids is 1. The Labute approximate surface area is 131 Å². The number of furan rings is 1. The van der Waals surface area contributed by atoms with Crippen molar-refractivity contribution in [3.8, 4) is 5.75 Å². The largest absolute Gasteiger partial charge is 0.495 e. The third-order valence-electron chi connectivity index (χ3n) is 3.50. The smallest absolute Gasteiger partial charge is 0.259 e. The standard InChI is InChI=1S/C18H23NO3/c1-11-7-8-15(21-6)14(9-11)19-17(20)13-10-16(18(3,4)5)22-12(13)2/h7-10H,1-6H3,(H,19,20). The minimum atomic E-state index is -0.194. The van der Waals surface area contributed by atoms with E-state index in [9.17, 15) is 4.79 Å². The van der Waals surface area contributed by atoms with Crippen LogP contribution in [-0.4, -0.2) is 13.0 Å². The van der Waals surface area contributed by atoms with Crippen LogP contribution in [0.1, 0.15) is 48.2 Å². The summed E-state index contributed by atoms with van der Waals surface area (Å²) in [6.07, 6.45) is 0. The zero-order valence-electron chi connectivity index (χ0n) is 14.0. The number of carbonyl (C=O) groups is 1. The zero-order valence-corrected chi connectivity index (χ0v) is 14.0. The van der Waals surface area contributed by atoms with Gasteiger partial charge in [-0.1, -0.05) is 26.8 Å². The number of aryl methyl sites for hydroxylation is 2. The average molecular weight is 301 g/mol. The van der Waals surface area contributed by atoms with Crippen LogP contribution in [0, 0.1) is 13.8 Å². The quantitative estimate of drug-likeness (QED) is 0.911. The number of hydrogen-bond donors (Lipinski definition) is 1. The van der Waals surface area contributed by atoms with Crippen LogP contribution in [0.2, 0.25) is 0 Å². The van der Waals surface area contributed by atoms with E-state index in [2.05, 4.69) is 26.1 Å². The summed E-state index contributed by atoms with van der Waals surface area (Å²) < 4.78 is 11.0. The summed E-state index contributed by atoms with van der Waals surface area (Å²) in [6, 6.07) is 7.48. The second kappa shape index (κ2) is 5.87. The SMILES string of the molecule is COc1ccc(C)cc1NC(=O)c1cc(C(C)(C)C)oc1C. The molecule has 2 rings (SSSR count). The molecule has 1 aromatic carbocycles. The van der Waals surface area contributed by atoms with E-state index in [-0.39, 0.29) is 11.3 Å². The van der Waals surface area contributed by atoms with Gasteiger partial charge in [-0.15, -0.1) is 0 Å². The molecule has 4 nitrogen and oxygen atoms in total. The van der Waals surface area contributed by atoms with Gasteiger partial charge < -0.3 is 14.5 Å². The maximum atomic E-state index is 12.5. The Morgan fingerprint density at radius 1 is 1.18 bits per heavy atom. The first kappa shape index (κ1) is 16.1. The molecule has 0 aliphatic rings. The molecule has 1 N–H and O–H groups in total.